The van der Waals surface area contributed by atoms with Crippen molar-refractivity contribution in [3.63, 3.8) is 0 Å². The number of fused-ring (bicyclic) bond motifs is 2. The van der Waals surface area contributed by atoms with Gasteiger partial charge in [-0.25, -0.2) is 9.97 Å². The summed E-state index contributed by atoms with van der Waals surface area (Å²) in [5.74, 6) is 1.64. The Morgan fingerprint density at radius 1 is 1.02 bits per heavy atom. The maximum atomic E-state index is 12.9. The molecule has 7 rings (SSSR count). The Labute approximate surface area is 275 Å². The molecule has 0 unspecified atom stereocenters. The van der Waals surface area contributed by atoms with Gasteiger partial charge in [0.25, 0.3) is 0 Å². The molecule has 0 saturated carbocycles. The fourth-order valence-corrected chi connectivity index (χ4v) is 8.05. The van der Waals surface area contributed by atoms with E-state index in [9.17, 15) is 18.4 Å². The lowest BCUT2D eigenvalue weighted by Crippen LogP contribution is -2.51. The minimum Gasteiger partial charge on any atom is -0.367 e. The second-order valence-electron chi connectivity index (χ2n) is 12.7. The summed E-state index contributed by atoms with van der Waals surface area (Å²) in [7, 11) is 0. The van der Waals surface area contributed by atoms with E-state index >= 15 is 0 Å². The van der Waals surface area contributed by atoms with Gasteiger partial charge in [-0.1, -0.05) is 6.07 Å². The molecule has 248 valence electrons. The molecule has 0 spiro atoms. The molecule has 0 radical (unpaired) electrons. The summed E-state index contributed by atoms with van der Waals surface area (Å²) in [6, 6.07) is 10.6. The number of hydrogen-bond acceptors (Lipinski definition) is 10. The van der Waals surface area contributed by atoms with Crippen molar-refractivity contribution in [3.05, 3.63) is 52.3 Å². The van der Waals surface area contributed by atoms with Crippen LogP contribution in [0.1, 0.15) is 34.5 Å². The van der Waals surface area contributed by atoms with Crippen LogP contribution >= 0.6 is 11.3 Å². The number of thiophene rings is 1. The maximum Gasteiger partial charge on any atom is 0.393 e. The van der Waals surface area contributed by atoms with E-state index in [0.29, 0.717) is 21.7 Å². The van der Waals surface area contributed by atoms with Gasteiger partial charge in [0.15, 0.2) is 5.96 Å². The molecule has 6 heterocycles. The van der Waals surface area contributed by atoms with E-state index in [1.807, 2.05) is 6.07 Å². The van der Waals surface area contributed by atoms with Gasteiger partial charge in [-0.15, -0.1) is 11.3 Å². The van der Waals surface area contributed by atoms with E-state index < -0.39 is 12.6 Å². The topological polar surface area (TPSA) is 101 Å². The zero-order valence-corrected chi connectivity index (χ0v) is 27.3. The van der Waals surface area contributed by atoms with E-state index in [0.717, 1.165) is 113 Å². The fraction of sp³-hybridized carbons (Fsp3) is 0.515. The Morgan fingerprint density at radius 2 is 1.83 bits per heavy atom. The van der Waals surface area contributed by atoms with Crippen LogP contribution in [-0.4, -0.2) is 106 Å². The normalized spacial score (nSPS) is 18.5. The van der Waals surface area contributed by atoms with Crippen molar-refractivity contribution < 1.29 is 13.2 Å². The number of aryl methyl sites for hydroxylation is 1. The van der Waals surface area contributed by atoms with Gasteiger partial charge in [-0.3, -0.25) is 14.8 Å². The van der Waals surface area contributed by atoms with Crippen molar-refractivity contribution in [1.29, 1.82) is 5.26 Å². The maximum absolute atomic E-state index is 12.9. The van der Waals surface area contributed by atoms with Gasteiger partial charge in [0.05, 0.1) is 18.4 Å². The molecule has 0 bridgehead atoms. The molecule has 0 atom stereocenters. The van der Waals surface area contributed by atoms with Crippen LogP contribution < -0.4 is 10.6 Å². The van der Waals surface area contributed by atoms with Gasteiger partial charge in [-0.2, -0.15) is 18.4 Å². The summed E-state index contributed by atoms with van der Waals surface area (Å²) < 4.78 is 41.0. The lowest BCUT2D eigenvalue weighted by molar-refractivity contribution is -0.126. The van der Waals surface area contributed by atoms with E-state index in [1.54, 1.807) is 6.07 Å². The second-order valence-corrected chi connectivity index (χ2v) is 13.8. The Hall–Kier alpha value is -3.93. The minimum absolute atomic E-state index is 0.183. The van der Waals surface area contributed by atoms with Gasteiger partial charge in [0.1, 0.15) is 28.7 Å². The first-order valence-corrected chi connectivity index (χ1v) is 17.1. The average molecular weight is 665 g/mol. The molecule has 47 heavy (non-hydrogen) atoms. The number of likely N-dealkylation sites (tertiary alicyclic amines) is 1. The molecule has 10 nitrogen and oxygen atoms in total. The molecule has 3 aromatic heterocycles. The third-order valence-corrected chi connectivity index (χ3v) is 10.7. The van der Waals surface area contributed by atoms with Crippen LogP contribution in [0, 0.1) is 18.3 Å². The van der Waals surface area contributed by atoms with Crippen molar-refractivity contribution in [3.8, 4) is 6.07 Å². The Morgan fingerprint density at radius 3 is 2.55 bits per heavy atom. The first-order valence-electron chi connectivity index (χ1n) is 16.3. The smallest absolute Gasteiger partial charge is 0.367 e. The van der Waals surface area contributed by atoms with E-state index in [1.165, 1.54) is 17.5 Å². The third kappa shape index (κ3) is 7.02. The highest BCUT2D eigenvalue weighted by Crippen LogP contribution is 2.33. The van der Waals surface area contributed by atoms with Gasteiger partial charge in [0, 0.05) is 87.3 Å². The van der Waals surface area contributed by atoms with Gasteiger partial charge < -0.3 is 20.1 Å². The van der Waals surface area contributed by atoms with Crippen LogP contribution in [0.4, 0.5) is 19.0 Å². The number of nitrogens with zero attached hydrogens (tertiary/aromatic N) is 8. The second kappa shape index (κ2) is 13.3. The number of anilines is 1. The number of nitriles is 1. The van der Waals surface area contributed by atoms with Crippen molar-refractivity contribution in [1.82, 2.24) is 34.6 Å². The number of piperazine rings is 1. The summed E-state index contributed by atoms with van der Waals surface area (Å²) in [4.78, 5) is 21.2. The zero-order chi connectivity index (χ0) is 32.5. The van der Waals surface area contributed by atoms with Gasteiger partial charge in [-0.05, 0) is 49.1 Å². The predicted molar refractivity (Wildman–Crippen MR) is 179 cm³/mol. The molecular weight excluding hydrogens is 625 g/mol. The van der Waals surface area contributed by atoms with Crippen LogP contribution in [0.2, 0.25) is 0 Å². The van der Waals surface area contributed by atoms with Crippen molar-refractivity contribution in [2.24, 2.45) is 4.99 Å². The lowest BCUT2D eigenvalue weighted by Gasteiger charge is -2.35. The van der Waals surface area contributed by atoms with Crippen LogP contribution in [-0.2, 0) is 19.5 Å². The number of hydrogen-bond donors (Lipinski definition) is 2. The van der Waals surface area contributed by atoms with Crippen LogP contribution in [0.25, 0.3) is 21.1 Å². The number of halogens is 3. The first kappa shape index (κ1) is 31.7. The van der Waals surface area contributed by atoms with E-state index in [-0.39, 0.29) is 10.9 Å². The Bertz CT molecular complexity index is 1810. The standard InChI is InChI=1S/C33H39F3N10S/c1-22-23(20-44-8-4-24(5-9-44)42-30-28-17-26(18-33(34,35)36)47-31(28)41-21-40-30)2-3-29-27(22)16-25(19-37)46(29)15-12-43-10-13-45(14-11-43)32-38-6-7-39-32/h2-3,16-17,21,24H,4-15,18,20H2,1H3,(H,38,39)(H,40,41,42). The number of aliphatic imine (C=N–C) groups is 1. The molecule has 14 heteroatoms. The van der Waals surface area contributed by atoms with E-state index in [4.69, 9.17) is 0 Å². The van der Waals surface area contributed by atoms with Gasteiger partial charge >= 0.3 is 6.18 Å². The number of piperidine rings is 1. The van der Waals surface area contributed by atoms with Crippen LogP contribution in [0.3, 0.4) is 0 Å². The van der Waals surface area contributed by atoms with Crippen molar-refractivity contribution in [2.45, 2.75) is 51.5 Å². The summed E-state index contributed by atoms with van der Waals surface area (Å²) in [6.45, 7) is 12.1. The van der Waals surface area contributed by atoms with Gasteiger partial charge in [0.2, 0.25) is 0 Å². The Balaban J connectivity index is 0.953. The van der Waals surface area contributed by atoms with Crippen molar-refractivity contribution >= 4 is 44.2 Å². The summed E-state index contributed by atoms with van der Waals surface area (Å²) in [5, 5.41) is 18.6. The number of alkyl halides is 3. The molecule has 3 aliphatic heterocycles. The largest absolute Gasteiger partial charge is 0.393 e. The molecule has 0 amide bonds. The minimum atomic E-state index is -4.25. The monoisotopic (exact) mass is 664 g/mol. The Kier molecular flexibility index (Phi) is 8.95. The number of aromatic nitrogens is 3. The van der Waals surface area contributed by atoms with E-state index in [2.05, 4.69) is 70.0 Å². The predicted octanol–water partition coefficient (Wildman–Crippen LogP) is 4.58. The van der Waals surface area contributed by atoms with Crippen molar-refractivity contribution in [2.75, 3.05) is 64.2 Å². The summed E-state index contributed by atoms with van der Waals surface area (Å²) in [6.07, 6.45) is -1.98. The quantitative estimate of drug-likeness (QED) is 0.283. The molecule has 2 saturated heterocycles. The third-order valence-electron chi connectivity index (χ3n) is 9.63. The average Bonchev–Trinajstić information content (AvgIpc) is 3.81. The number of benzene rings is 1. The summed E-state index contributed by atoms with van der Waals surface area (Å²) >= 11 is 1.07. The fourth-order valence-electron chi connectivity index (χ4n) is 7.02. The number of guanidine groups is 1. The molecule has 2 N–H and O–H groups in total. The number of rotatable bonds is 8. The molecule has 2 fully saturated rings. The highest BCUT2D eigenvalue weighted by molar-refractivity contribution is 7.18. The van der Waals surface area contributed by atoms with Crippen LogP contribution in [0.5, 0.6) is 0 Å². The highest BCUT2D eigenvalue weighted by Gasteiger charge is 2.29. The summed E-state index contributed by atoms with van der Waals surface area (Å²) in [5.41, 5.74) is 4.28. The SMILES string of the molecule is Cc1c(CN2CCC(Nc3ncnc4sc(CC(F)(F)F)cc34)CC2)ccc2c1cc(C#N)n2CCN1CCN(C2=NCCN2)CC1. The number of nitrogens with one attached hydrogen (secondary N) is 2. The zero-order valence-electron chi connectivity index (χ0n) is 26.5. The van der Waals surface area contributed by atoms with Crippen LogP contribution in [0.15, 0.2) is 35.6 Å². The molecular formula is C33H39F3N10S. The molecule has 4 aromatic rings. The highest BCUT2D eigenvalue weighted by atomic mass is 32.1. The first-order chi connectivity index (χ1) is 22.7. The lowest BCUT2D eigenvalue weighted by atomic mass is 10.0. The molecule has 1 aromatic carbocycles. The molecule has 0 aliphatic carbocycles. The molecule has 3 aliphatic rings.